The van der Waals surface area contributed by atoms with Crippen molar-refractivity contribution in [2.45, 2.75) is 31.0 Å². The average molecular weight is 662 g/mol. The van der Waals surface area contributed by atoms with Gasteiger partial charge in [-0.25, -0.2) is 10.4 Å². The van der Waals surface area contributed by atoms with Crippen molar-refractivity contribution in [2.75, 3.05) is 13.2 Å². The number of benzene rings is 6. The fourth-order valence-electron chi connectivity index (χ4n) is 6.44. The van der Waals surface area contributed by atoms with Crippen LogP contribution in [-0.4, -0.2) is 35.7 Å². The lowest BCUT2D eigenvalue weighted by molar-refractivity contribution is -0.130. The van der Waals surface area contributed by atoms with Crippen LogP contribution in [-0.2, 0) is 22.5 Å². The number of amides is 1. The van der Waals surface area contributed by atoms with Crippen LogP contribution in [0.25, 0.3) is 21.9 Å². The number of rotatable bonds is 13. The van der Waals surface area contributed by atoms with Crippen LogP contribution < -0.4 is 15.6 Å². The number of hydrogen-bond acceptors (Lipinski definition) is 6. The van der Waals surface area contributed by atoms with Gasteiger partial charge in [-0.1, -0.05) is 127 Å². The molecule has 0 saturated carbocycles. The third kappa shape index (κ3) is 7.15. The molecule has 0 bridgehead atoms. The molecule has 7 rings (SSSR count). The van der Waals surface area contributed by atoms with Gasteiger partial charge in [-0.2, -0.15) is 0 Å². The summed E-state index contributed by atoms with van der Waals surface area (Å²) in [6, 6.07) is 50.2. The molecule has 1 aliphatic rings. The molecular weight excluding hydrogens is 622 g/mol. The number of nitrogens with one attached hydrogen (secondary N) is 2. The van der Waals surface area contributed by atoms with Crippen molar-refractivity contribution in [3.8, 4) is 16.9 Å². The summed E-state index contributed by atoms with van der Waals surface area (Å²) in [4.78, 5) is 19.8. The first-order valence-electron chi connectivity index (χ1n) is 16.9. The van der Waals surface area contributed by atoms with Gasteiger partial charge in [-0.05, 0) is 62.9 Å². The van der Waals surface area contributed by atoms with Crippen LogP contribution in [0.5, 0.6) is 5.75 Å². The summed E-state index contributed by atoms with van der Waals surface area (Å²) in [5.41, 5.74) is 10.7. The van der Waals surface area contributed by atoms with E-state index in [1.165, 1.54) is 0 Å². The number of nitrogens with zero attached hydrogens (tertiary/aromatic N) is 1. The maximum Gasteiger partial charge on any atom is 0.266 e. The van der Waals surface area contributed by atoms with E-state index in [1.54, 1.807) is 0 Å². The summed E-state index contributed by atoms with van der Waals surface area (Å²) < 4.78 is 12.5. The van der Waals surface area contributed by atoms with Crippen LogP contribution in [0.1, 0.15) is 34.8 Å². The Morgan fingerprint density at radius 3 is 2.16 bits per heavy atom. The number of hydrogen-bond donors (Lipinski definition) is 3. The molecule has 0 spiro atoms. The molecule has 0 aliphatic carbocycles. The Morgan fingerprint density at radius 2 is 1.40 bits per heavy atom. The van der Waals surface area contributed by atoms with Gasteiger partial charge in [0.2, 0.25) is 5.90 Å². The summed E-state index contributed by atoms with van der Waals surface area (Å²) in [6.07, 6.45) is 0.142. The normalized spacial score (nSPS) is 16.8. The van der Waals surface area contributed by atoms with Gasteiger partial charge in [0.05, 0.1) is 6.61 Å². The molecule has 0 fully saturated rings. The SMILES string of the molecule is O=C(NNCc1cccc2ccccc12)[C@@]1(Cc2ccccc2)N=C(c2ccc(OCCCO)cc2)O[C@H]1c1ccc(-c2ccccc2)cc1. The summed E-state index contributed by atoms with van der Waals surface area (Å²) in [5, 5.41) is 11.4. The van der Waals surface area contributed by atoms with Crippen LogP contribution in [0.4, 0.5) is 0 Å². The highest BCUT2D eigenvalue weighted by atomic mass is 16.5. The van der Waals surface area contributed by atoms with Gasteiger partial charge in [-0.15, -0.1) is 0 Å². The second-order valence-corrected chi connectivity index (χ2v) is 12.4. The first-order chi connectivity index (χ1) is 24.6. The number of aliphatic hydroxyl groups excluding tert-OH is 1. The van der Waals surface area contributed by atoms with E-state index in [2.05, 4.69) is 59.4 Å². The minimum absolute atomic E-state index is 0.0683. The molecule has 0 aromatic heterocycles. The zero-order valence-corrected chi connectivity index (χ0v) is 27.7. The maximum atomic E-state index is 14.7. The second kappa shape index (κ2) is 15.2. The van der Waals surface area contributed by atoms with Gasteiger partial charge in [-0.3, -0.25) is 10.2 Å². The minimum atomic E-state index is -1.34. The van der Waals surface area contributed by atoms with E-state index < -0.39 is 11.6 Å². The topological polar surface area (TPSA) is 92.2 Å². The molecule has 3 N–H and O–H groups in total. The molecule has 50 heavy (non-hydrogen) atoms. The van der Waals surface area contributed by atoms with Gasteiger partial charge in [0.25, 0.3) is 5.91 Å². The highest BCUT2D eigenvalue weighted by Crippen LogP contribution is 2.43. The van der Waals surface area contributed by atoms with E-state index in [1.807, 2.05) is 103 Å². The third-order valence-corrected chi connectivity index (χ3v) is 9.03. The molecule has 0 unspecified atom stereocenters. The van der Waals surface area contributed by atoms with Crippen molar-refractivity contribution in [3.63, 3.8) is 0 Å². The number of carbonyl (C=O) groups excluding carboxylic acids is 1. The molecule has 1 aliphatic heterocycles. The van der Waals surface area contributed by atoms with E-state index in [-0.39, 0.29) is 12.5 Å². The molecule has 6 aromatic rings. The van der Waals surface area contributed by atoms with Crippen LogP contribution in [0.15, 0.2) is 157 Å². The van der Waals surface area contributed by atoms with Crippen LogP contribution >= 0.6 is 0 Å². The van der Waals surface area contributed by atoms with Crippen molar-refractivity contribution in [2.24, 2.45) is 4.99 Å². The molecule has 1 amide bonds. The molecule has 2 atom stereocenters. The van der Waals surface area contributed by atoms with Crippen molar-refractivity contribution >= 4 is 22.6 Å². The molecule has 7 heteroatoms. The lowest BCUT2D eigenvalue weighted by Crippen LogP contribution is -2.53. The number of aliphatic imine (C=N–C) groups is 1. The Kier molecular flexibility index (Phi) is 9.96. The summed E-state index contributed by atoms with van der Waals surface area (Å²) in [5.74, 6) is 0.765. The lowest BCUT2D eigenvalue weighted by atomic mass is 9.82. The number of carbonyl (C=O) groups is 1. The summed E-state index contributed by atoms with van der Waals surface area (Å²) >= 11 is 0. The van der Waals surface area contributed by atoms with E-state index >= 15 is 0 Å². The highest BCUT2D eigenvalue weighted by molar-refractivity contribution is 6.01. The number of fused-ring (bicyclic) bond motifs is 1. The van der Waals surface area contributed by atoms with Crippen LogP contribution in [0, 0.1) is 0 Å². The highest BCUT2D eigenvalue weighted by Gasteiger charge is 2.53. The van der Waals surface area contributed by atoms with Crippen LogP contribution in [0.2, 0.25) is 0 Å². The molecule has 250 valence electrons. The second-order valence-electron chi connectivity index (χ2n) is 12.4. The van der Waals surface area contributed by atoms with Gasteiger partial charge >= 0.3 is 0 Å². The molecule has 6 aromatic carbocycles. The monoisotopic (exact) mass is 661 g/mol. The third-order valence-electron chi connectivity index (χ3n) is 9.03. The van der Waals surface area contributed by atoms with E-state index in [0.29, 0.717) is 37.6 Å². The maximum absolute atomic E-state index is 14.7. The van der Waals surface area contributed by atoms with Crippen molar-refractivity contribution in [1.82, 2.24) is 10.9 Å². The Labute approximate surface area is 292 Å². The Hall–Kier alpha value is -5.76. The molecule has 0 saturated heterocycles. The fourth-order valence-corrected chi connectivity index (χ4v) is 6.44. The predicted molar refractivity (Wildman–Crippen MR) is 198 cm³/mol. The quantitative estimate of drug-likeness (QED) is 0.0877. The molecular formula is C43H39N3O4. The number of hydrazine groups is 1. The molecule has 1 heterocycles. The zero-order chi connectivity index (χ0) is 34.2. The van der Waals surface area contributed by atoms with E-state index in [4.69, 9.17) is 19.6 Å². The number of aliphatic hydroxyl groups is 1. The van der Waals surface area contributed by atoms with Crippen LogP contribution in [0.3, 0.4) is 0 Å². The van der Waals surface area contributed by atoms with E-state index in [9.17, 15) is 4.79 Å². The summed E-state index contributed by atoms with van der Waals surface area (Å²) in [6.45, 7) is 0.916. The first kappa shape index (κ1) is 32.8. The Balaban J connectivity index is 1.24. The van der Waals surface area contributed by atoms with Crippen molar-refractivity contribution < 1.29 is 19.4 Å². The standard InChI is InChI=1S/C43H39N3O4/c47-27-10-28-49-38-25-23-36(24-26-38)41-45-43(29-31-11-3-1-4-12-31,40(50-41)35-21-19-33(20-22-35)32-13-5-2-6-14-32)42(48)46-44-30-37-17-9-16-34-15-7-8-18-39(34)37/h1-9,11-26,40,44,47H,10,27-30H2,(H,46,48)/t40-,43-/m0/s1. The predicted octanol–water partition coefficient (Wildman–Crippen LogP) is 7.59. The van der Waals surface area contributed by atoms with Gasteiger partial charge in [0.1, 0.15) is 5.75 Å². The van der Waals surface area contributed by atoms with Gasteiger partial charge in [0.15, 0.2) is 11.6 Å². The van der Waals surface area contributed by atoms with Crippen molar-refractivity contribution in [1.29, 1.82) is 0 Å². The average Bonchev–Trinajstić information content (AvgIpc) is 3.56. The summed E-state index contributed by atoms with van der Waals surface area (Å²) in [7, 11) is 0. The lowest BCUT2D eigenvalue weighted by Gasteiger charge is -2.31. The first-order valence-corrected chi connectivity index (χ1v) is 16.9. The smallest absolute Gasteiger partial charge is 0.266 e. The zero-order valence-electron chi connectivity index (χ0n) is 27.7. The number of ether oxygens (including phenoxy) is 2. The molecule has 7 nitrogen and oxygen atoms in total. The minimum Gasteiger partial charge on any atom is -0.494 e. The van der Waals surface area contributed by atoms with E-state index in [0.717, 1.165) is 44.2 Å². The fraction of sp³-hybridized carbons (Fsp3) is 0.163. The largest absolute Gasteiger partial charge is 0.494 e. The van der Waals surface area contributed by atoms with Gasteiger partial charge < -0.3 is 14.6 Å². The van der Waals surface area contributed by atoms with Crippen molar-refractivity contribution in [3.05, 3.63) is 174 Å². The Morgan fingerprint density at radius 1 is 0.740 bits per heavy atom. The van der Waals surface area contributed by atoms with Gasteiger partial charge in [0, 0.05) is 31.6 Å². The molecule has 0 radical (unpaired) electrons. The Bertz CT molecular complexity index is 2060.